The topological polar surface area (TPSA) is 116 Å². The zero-order valence-electron chi connectivity index (χ0n) is 28.2. The summed E-state index contributed by atoms with van der Waals surface area (Å²) in [5.74, 6) is 2.23. The molecule has 0 N–H and O–H groups in total. The van der Waals surface area contributed by atoms with E-state index in [1.165, 1.54) is 14.2 Å². The van der Waals surface area contributed by atoms with Crippen molar-refractivity contribution < 1.29 is 47.5 Å². The van der Waals surface area contributed by atoms with Crippen molar-refractivity contribution in [2.75, 3.05) is 48.8 Å². The average Bonchev–Trinajstić information content (AvgIpc) is 3.77. The number of carbonyl (C=O) groups is 2. The zero-order valence-corrected chi connectivity index (χ0v) is 28.2. The molecule has 2 atom stereocenters. The number of ether oxygens (including phenoxy) is 8. The molecule has 3 aliphatic rings. The smallest absolute Gasteiger partial charge is 0.419 e. The Morgan fingerprint density at radius 2 is 1.65 bits per heavy atom. The van der Waals surface area contributed by atoms with Gasteiger partial charge in [0.2, 0.25) is 12.5 Å². The lowest BCUT2D eigenvalue weighted by atomic mass is 9.82. The van der Waals surface area contributed by atoms with Crippen molar-refractivity contribution in [3.63, 3.8) is 0 Å². The summed E-state index contributed by atoms with van der Waals surface area (Å²) in [4.78, 5) is 29.6. The first-order chi connectivity index (χ1) is 23.0. The number of likely N-dealkylation sites (N-methyl/N-ethyl adjacent to an activating group) is 1. The standard InChI is InChI=1S/C36H38N2O10/c1-36(2,3)48-35(40)38-22-11-9-19(41-5)15-18(22)16-23(38)25-20-13-14-37(4)28(26(20)31(44-8)33-32(25)45-17-46-33)29-21-10-12-24(42-6)30(43-7)27(21)34(39)47-29/h9-12,15-16,28-29H,13-14,17H2,1-8H3/t28-,29+/m1/s1. The Hall–Kier alpha value is -5.10. The number of hydrogen-bond acceptors (Lipinski definition) is 11. The summed E-state index contributed by atoms with van der Waals surface area (Å²) in [5.41, 5.74) is 3.76. The molecule has 7 rings (SSSR count). The van der Waals surface area contributed by atoms with Crippen LogP contribution in [0.25, 0.3) is 22.2 Å². The normalized spacial score (nSPS) is 18.3. The SMILES string of the molecule is COc1ccc2c(c1)cc(-c1c3c(c(OC)c4c1OCO4)[C@H]([C@H]1OC(=O)c4c1ccc(OC)c4OC)N(C)CC3)n2C(=O)OC(C)(C)C. The minimum atomic E-state index is -0.754. The first-order valence-corrected chi connectivity index (χ1v) is 15.6. The maximum atomic E-state index is 14.0. The van der Waals surface area contributed by atoms with E-state index in [0.717, 1.165) is 16.5 Å². The highest BCUT2D eigenvalue weighted by Crippen LogP contribution is 2.59. The van der Waals surface area contributed by atoms with Gasteiger partial charge in [-0.15, -0.1) is 0 Å². The van der Waals surface area contributed by atoms with Gasteiger partial charge in [0.25, 0.3) is 0 Å². The first kappa shape index (κ1) is 31.5. The van der Waals surface area contributed by atoms with E-state index in [1.54, 1.807) is 30.9 Å². The summed E-state index contributed by atoms with van der Waals surface area (Å²) in [5, 5.41) is 0.775. The van der Waals surface area contributed by atoms with Crippen molar-refractivity contribution >= 4 is 23.0 Å². The molecule has 0 saturated heterocycles. The number of aromatic nitrogens is 1. The third kappa shape index (κ3) is 4.76. The van der Waals surface area contributed by atoms with E-state index >= 15 is 0 Å². The highest BCUT2D eigenvalue weighted by atomic mass is 16.7. The maximum absolute atomic E-state index is 14.0. The van der Waals surface area contributed by atoms with Crippen LogP contribution in [0.15, 0.2) is 36.4 Å². The van der Waals surface area contributed by atoms with Crippen LogP contribution in [0.3, 0.4) is 0 Å². The molecule has 0 unspecified atom stereocenters. The number of rotatable bonds is 6. The van der Waals surface area contributed by atoms with E-state index in [2.05, 4.69) is 4.90 Å². The van der Waals surface area contributed by atoms with Crippen LogP contribution in [0.4, 0.5) is 4.79 Å². The summed E-state index contributed by atoms with van der Waals surface area (Å²) in [6.07, 6.45) is -0.693. The molecule has 48 heavy (non-hydrogen) atoms. The van der Waals surface area contributed by atoms with Gasteiger partial charge in [-0.1, -0.05) is 6.07 Å². The molecule has 0 aliphatic carbocycles. The second-order valence-corrected chi connectivity index (χ2v) is 12.9. The Morgan fingerprint density at radius 3 is 2.33 bits per heavy atom. The number of fused-ring (bicyclic) bond motifs is 4. The molecular weight excluding hydrogens is 620 g/mol. The van der Waals surface area contributed by atoms with Gasteiger partial charge < -0.3 is 37.9 Å². The lowest BCUT2D eigenvalue weighted by Crippen LogP contribution is -2.36. The highest BCUT2D eigenvalue weighted by molar-refractivity contribution is 6.00. The number of carbonyl (C=O) groups excluding carboxylic acids is 2. The Bertz CT molecular complexity index is 1970. The summed E-state index contributed by atoms with van der Waals surface area (Å²) in [6, 6.07) is 10.6. The molecule has 0 radical (unpaired) electrons. The van der Waals surface area contributed by atoms with Crippen LogP contribution < -0.4 is 28.4 Å². The molecule has 0 spiro atoms. The van der Waals surface area contributed by atoms with Gasteiger partial charge >= 0.3 is 12.1 Å². The van der Waals surface area contributed by atoms with E-state index in [-0.39, 0.29) is 6.79 Å². The largest absolute Gasteiger partial charge is 0.497 e. The molecule has 0 bridgehead atoms. The van der Waals surface area contributed by atoms with Crippen LogP contribution in [0, 0.1) is 0 Å². The van der Waals surface area contributed by atoms with Crippen molar-refractivity contribution in [3.05, 3.63) is 58.7 Å². The van der Waals surface area contributed by atoms with Crippen molar-refractivity contribution in [3.8, 4) is 45.8 Å². The van der Waals surface area contributed by atoms with Crippen molar-refractivity contribution in [1.29, 1.82) is 0 Å². The van der Waals surface area contributed by atoms with Crippen molar-refractivity contribution in [1.82, 2.24) is 9.47 Å². The van der Waals surface area contributed by atoms with E-state index in [4.69, 9.17) is 37.9 Å². The van der Waals surface area contributed by atoms with Crippen molar-refractivity contribution in [2.24, 2.45) is 0 Å². The third-order valence-corrected chi connectivity index (χ3v) is 9.06. The van der Waals surface area contributed by atoms with E-state index in [1.807, 2.05) is 52.1 Å². The Balaban J connectivity index is 1.51. The monoisotopic (exact) mass is 658 g/mol. The second-order valence-electron chi connectivity index (χ2n) is 12.9. The van der Waals surface area contributed by atoms with Gasteiger partial charge in [-0.2, -0.15) is 0 Å². The van der Waals surface area contributed by atoms with Crippen molar-refractivity contribution in [2.45, 2.75) is 44.9 Å². The van der Waals surface area contributed by atoms with E-state index in [0.29, 0.717) is 75.4 Å². The van der Waals surface area contributed by atoms with Crippen LogP contribution in [0.2, 0.25) is 0 Å². The van der Waals surface area contributed by atoms with Crippen LogP contribution in [-0.2, 0) is 15.9 Å². The van der Waals surface area contributed by atoms with Gasteiger partial charge in [0.05, 0.1) is 45.7 Å². The molecule has 0 fully saturated rings. The van der Waals surface area contributed by atoms with Gasteiger partial charge in [0.1, 0.15) is 23.0 Å². The summed E-state index contributed by atoms with van der Waals surface area (Å²) >= 11 is 0. The predicted molar refractivity (Wildman–Crippen MR) is 175 cm³/mol. The molecule has 3 aliphatic heterocycles. The number of hydrogen-bond donors (Lipinski definition) is 0. The summed E-state index contributed by atoms with van der Waals surface area (Å²) < 4.78 is 48.6. The summed E-state index contributed by atoms with van der Waals surface area (Å²) in [6.45, 7) is 6.05. The number of cyclic esters (lactones) is 1. The molecule has 4 aromatic rings. The Morgan fingerprint density at radius 1 is 0.896 bits per heavy atom. The third-order valence-electron chi connectivity index (χ3n) is 9.06. The predicted octanol–water partition coefficient (Wildman–Crippen LogP) is 6.30. The van der Waals surface area contributed by atoms with Gasteiger partial charge in [0, 0.05) is 28.6 Å². The van der Waals surface area contributed by atoms with Gasteiger partial charge in [-0.3, -0.25) is 4.90 Å². The molecule has 1 aromatic heterocycles. The lowest BCUT2D eigenvalue weighted by Gasteiger charge is -2.39. The molecule has 3 aromatic carbocycles. The minimum Gasteiger partial charge on any atom is -0.497 e. The summed E-state index contributed by atoms with van der Waals surface area (Å²) in [7, 11) is 8.18. The fourth-order valence-electron chi connectivity index (χ4n) is 7.11. The van der Waals surface area contributed by atoms with Gasteiger partial charge in [-0.25, -0.2) is 14.2 Å². The number of esters is 1. The minimum absolute atomic E-state index is 0.0409. The van der Waals surface area contributed by atoms with Crippen LogP contribution >= 0.6 is 0 Å². The second kappa shape index (κ2) is 11.6. The maximum Gasteiger partial charge on any atom is 0.419 e. The lowest BCUT2D eigenvalue weighted by molar-refractivity contribution is 0.00874. The van der Waals surface area contributed by atoms with Gasteiger partial charge in [-0.05, 0) is 70.1 Å². The fraction of sp³-hybridized carbons (Fsp3) is 0.389. The quantitative estimate of drug-likeness (QED) is 0.218. The molecular formula is C36H38N2O10. The molecule has 4 heterocycles. The van der Waals surface area contributed by atoms with E-state index in [9.17, 15) is 9.59 Å². The molecule has 252 valence electrons. The van der Waals surface area contributed by atoms with Crippen LogP contribution in [-0.4, -0.2) is 76.0 Å². The average molecular weight is 659 g/mol. The van der Waals surface area contributed by atoms with Crippen LogP contribution in [0.1, 0.15) is 60.0 Å². The molecule has 12 nitrogen and oxygen atoms in total. The highest BCUT2D eigenvalue weighted by Gasteiger charge is 2.47. The van der Waals surface area contributed by atoms with Crippen LogP contribution in [0.5, 0.6) is 34.5 Å². The number of methoxy groups -OCH3 is 4. The molecule has 0 amide bonds. The van der Waals surface area contributed by atoms with E-state index < -0.39 is 29.8 Å². The van der Waals surface area contributed by atoms with Gasteiger partial charge in [0.15, 0.2) is 23.0 Å². The first-order valence-electron chi connectivity index (χ1n) is 15.6. The molecule has 12 heteroatoms. The molecule has 0 saturated carbocycles. The number of nitrogens with zero attached hydrogens (tertiary/aromatic N) is 2. The Labute approximate surface area is 277 Å². The Kier molecular flexibility index (Phi) is 7.58. The zero-order chi connectivity index (χ0) is 34.1. The number of benzene rings is 3. The fourth-order valence-corrected chi connectivity index (χ4v) is 7.11.